The summed E-state index contributed by atoms with van der Waals surface area (Å²) in [5, 5.41) is 3.26. The van der Waals surface area contributed by atoms with E-state index in [9.17, 15) is 4.79 Å². The Morgan fingerprint density at radius 1 is 0.938 bits per heavy atom. The van der Waals surface area contributed by atoms with E-state index in [1.54, 1.807) is 0 Å². The summed E-state index contributed by atoms with van der Waals surface area (Å²) >= 11 is 0. The van der Waals surface area contributed by atoms with Crippen molar-refractivity contribution in [2.24, 2.45) is 5.92 Å². The number of hydrogen-bond acceptors (Lipinski definition) is 5. The lowest BCUT2D eigenvalue weighted by Crippen LogP contribution is -2.49. The first-order valence-electron chi connectivity index (χ1n) is 11.8. The standard InChI is InChI=1S/C26H35N3O3/c1-20(2)26(22-9-10-23-24(17-22)32-16-6-15-31-23)27-25(30)19-29-13-11-28(12-14-29)18-21-7-4-3-5-8-21/h3-5,7-10,17,20,26H,6,11-16,18-19H2,1-2H3,(H,27,30). The van der Waals surface area contributed by atoms with Gasteiger partial charge in [-0.05, 0) is 29.2 Å². The van der Waals surface area contributed by atoms with Crippen LogP contribution in [-0.2, 0) is 11.3 Å². The van der Waals surface area contributed by atoms with Crippen LogP contribution in [0.1, 0.15) is 37.4 Å². The van der Waals surface area contributed by atoms with Gasteiger partial charge in [0.05, 0.1) is 25.8 Å². The van der Waals surface area contributed by atoms with Crippen LogP contribution in [0.2, 0.25) is 0 Å². The van der Waals surface area contributed by atoms with Crippen LogP contribution in [0.15, 0.2) is 48.5 Å². The first-order chi connectivity index (χ1) is 15.6. The molecular formula is C26H35N3O3. The number of nitrogens with zero attached hydrogens (tertiary/aromatic N) is 2. The summed E-state index contributed by atoms with van der Waals surface area (Å²) in [7, 11) is 0. The lowest BCUT2D eigenvalue weighted by atomic mass is 9.95. The zero-order chi connectivity index (χ0) is 22.3. The highest BCUT2D eigenvalue weighted by molar-refractivity contribution is 5.78. The van der Waals surface area contributed by atoms with Gasteiger partial charge < -0.3 is 14.8 Å². The summed E-state index contributed by atoms with van der Waals surface area (Å²) in [5.74, 6) is 1.90. The summed E-state index contributed by atoms with van der Waals surface area (Å²) in [6, 6.07) is 16.5. The number of carbonyl (C=O) groups excluding carboxylic acids is 1. The number of ether oxygens (including phenoxy) is 2. The fourth-order valence-electron chi connectivity index (χ4n) is 4.38. The van der Waals surface area contributed by atoms with Gasteiger partial charge in [0.25, 0.3) is 0 Å². The molecule has 2 aromatic carbocycles. The van der Waals surface area contributed by atoms with Crippen LogP contribution in [0, 0.1) is 5.92 Å². The predicted octanol–water partition coefficient (Wildman–Crippen LogP) is 3.48. The molecule has 0 bridgehead atoms. The van der Waals surface area contributed by atoms with E-state index < -0.39 is 0 Å². The Morgan fingerprint density at radius 2 is 1.62 bits per heavy atom. The molecule has 1 amide bonds. The molecule has 32 heavy (non-hydrogen) atoms. The molecule has 4 rings (SSSR count). The monoisotopic (exact) mass is 437 g/mol. The molecule has 0 aliphatic carbocycles. The molecule has 1 unspecified atom stereocenters. The van der Waals surface area contributed by atoms with Crippen LogP contribution in [-0.4, -0.2) is 61.6 Å². The van der Waals surface area contributed by atoms with Crippen molar-refractivity contribution in [3.63, 3.8) is 0 Å². The van der Waals surface area contributed by atoms with E-state index >= 15 is 0 Å². The highest BCUT2D eigenvalue weighted by Crippen LogP contribution is 2.34. The van der Waals surface area contributed by atoms with Gasteiger partial charge in [-0.1, -0.05) is 50.2 Å². The van der Waals surface area contributed by atoms with Crippen LogP contribution in [0.5, 0.6) is 11.5 Å². The minimum atomic E-state index is -0.0565. The Labute approximate surface area is 191 Å². The van der Waals surface area contributed by atoms with Crippen LogP contribution >= 0.6 is 0 Å². The van der Waals surface area contributed by atoms with Gasteiger partial charge >= 0.3 is 0 Å². The highest BCUT2D eigenvalue weighted by Gasteiger charge is 2.24. The van der Waals surface area contributed by atoms with Crippen LogP contribution in [0.25, 0.3) is 0 Å². The third-order valence-corrected chi connectivity index (χ3v) is 6.19. The van der Waals surface area contributed by atoms with E-state index in [1.807, 2.05) is 18.2 Å². The predicted molar refractivity (Wildman–Crippen MR) is 126 cm³/mol. The molecule has 6 heteroatoms. The Balaban J connectivity index is 1.30. The molecule has 0 aromatic heterocycles. The van der Waals surface area contributed by atoms with Crippen molar-refractivity contribution in [2.75, 3.05) is 45.9 Å². The first kappa shape index (κ1) is 22.6. The molecule has 2 aliphatic rings. The Morgan fingerprint density at radius 3 is 2.34 bits per heavy atom. The molecule has 172 valence electrons. The molecule has 0 spiro atoms. The molecule has 6 nitrogen and oxygen atoms in total. The number of carbonyl (C=O) groups is 1. The molecular weight excluding hydrogens is 402 g/mol. The van der Waals surface area contributed by atoms with E-state index in [0.29, 0.717) is 19.8 Å². The van der Waals surface area contributed by atoms with Crippen molar-refractivity contribution in [1.29, 1.82) is 0 Å². The van der Waals surface area contributed by atoms with Crippen molar-refractivity contribution in [3.8, 4) is 11.5 Å². The number of nitrogens with one attached hydrogen (secondary N) is 1. The van der Waals surface area contributed by atoms with Gasteiger partial charge in [0.2, 0.25) is 5.91 Å². The lowest BCUT2D eigenvalue weighted by molar-refractivity contribution is -0.123. The lowest BCUT2D eigenvalue weighted by Gasteiger charge is -2.34. The van der Waals surface area contributed by atoms with Crippen molar-refractivity contribution in [2.45, 2.75) is 32.9 Å². The Hall–Kier alpha value is -2.57. The SMILES string of the molecule is CC(C)C(NC(=O)CN1CCN(Cc2ccccc2)CC1)c1ccc2c(c1)OCCCO2. The zero-order valence-corrected chi connectivity index (χ0v) is 19.3. The van der Waals surface area contributed by atoms with Gasteiger partial charge in [0.1, 0.15) is 0 Å². The van der Waals surface area contributed by atoms with Crippen molar-refractivity contribution < 1.29 is 14.3 Å². The summed E-state index contributed by atoms with van der Waals surface area (Å²) < 4.78 is 11.6. The van der Waals surface area contributed by atoms with Crippen molar-refractivity contribution in [1.82, 2.24) is 15.1 Å². The molecule has 0 saturated carbocycles. The average molecular weight is 438 g/mol. The minimum absolute atomic E-state index is 0.0565. The molecule has 0 radical (unpaired) electrons. The number of hydrogen-bond donors (Lipinski definition) is 1. The minimum Gasteiger partial charge on any atom is -0.490 e. The van der Waals surface area contributed by atoms with Crippen molar-refractivity contribution >= 4 is 5.91 Å². The van der Waals surface area contributed by atoms with Crippen LogP contribution in [0.3, 0.4) is 0 Å². The van der Waals surface area contributed by atoms with E-state index in [-0.39, 0.29) is 17.9 Å². The Kier molecular flexibility index (Phi) is 7.66. The van der Waals surface area contributed by atoms with Gasteiger partial charge in [0, 0.05) is 39.1 Å². The third-order valence-electron chi connectivity index (χ3n) is 6.19. The fraction of sp³-hybridized carbons (Fsp3) is 0.500. The largest absolute Gasteiger partial charge is 0.490 e. The smallest absolute Gasteiger partial charge is 0.234 e. The second-order valence-electron chi connectivity index (χ2n) is 9.08. The third kappa shape index (κ3) is 6.02. The van der Waals surface area contributed by atoms with Gasteiger partial charge in [0.15, 0.2) is 11.5 Å². The molecule has 2 heterocycles. The quantitative estimate of drug-likeness (QED) is 0.719. The maximum atomic E-state index is 12.9. The van der Waals surface area contributed by atoms with Gasteiger partial charge in [-0.2, -0.15) is 0 Å². The Bertz CT molecular complexity index is 879. The van der Waals surface area contributed by atoms with Gasteiger partial charge in [-0.25, -0.2) is 0 Å². The van der Waals surface area contributed by atoms with Crippen LogP contribution < -0.4 is 14.8 Å². The number of piperazine rings is 1. The van der Waals surface area contributed by atoms with Gasteiger partial charge in [-0.15, -0.1) is 0 Å². The fourth-order valence-corrected chi connectivity index (χ4v) is 4.38. The highest BCUT2D eigenvalue weighted by atomic mass is 16.5. The topological polar surface area (TPSA) is 54.0 Å². The zero-order valence-electron chi connectivity index (χ0n) is 19.3. The molecule has 2 aromatic rings. The van der Waals surface area contributed by atoms with Gasteiger partial charge in [-0.3, -0.25) is 14.6 Å². The van der Waals surface area contributed by atoms with Crippen molar-refractivity contribution in [3.05, 3.63) is 59.7 Å². The summed E-state index contributed by atoms with van der Waals surface area (Å²) in [5.41, 5.74) is 2.40. The molecule has 2 aliphatic heterocycles. The number of amides is 1. The second kappa shape index (κ2) is 10.8. The molecule has 1 fully saturated rings. The molecule has 1 atom stereocenters. The number of benzene rings is 2. The second-order valence-corrected chi connectivity index (χ2v) is 9.08. The summed E-state index contributed by atoms with van der Waals surface area (Å²) in [6.07, 6.45) is 0.882. The summed E-state index contributed by atoms with van der Waals surface area (Å²) in [4.78, 5) is 17.6. The first-order valence-corrected chi connectivity index (χ1v) is 11.8. The molecule has 1 saturated heterocycles. The number of rotatable bonds is 7. The van der Waals surface area contributed by atoms with Crippen LogP contribution in [0.4, 0.5) is 0 Å². The van der Waals surface area contributed by atoms with E-state index in [4.69, 9.17) is 9.47 Å². The van der Waals surface area contributed by atoms with E-state index in [2.05, 4.69) is 59.3 Å². The van der Waals surface area contributed by atoms with E-state index in [1.165, 1.54) is 5.56 Å². The average Bonchev–Trinajstić information content (AvgIpc) is 3.04. The van der Waals surface area contributed by atoms with E-state index in [0.717, 1.165) is 56.2 Å². The number of fused-ring (bicyclic) bond motifs is 1. The summed E-state index contributed by atoms with van der Waals surface area (Å²) in [6.45, 7) is 10.8. The maximum Gasteiger partial charge on any atom is 0.234 e. The molecule has 1 N–H and O–H groups in total. The normalized spacial score (nSPS) is 18.2. The maximum absolute atomic E-state index is 12.9.